The summed E-state index contributed by atoms with van der Waals surface area (Å²) in [5.41, 5.74) is 1.29. The Hall–Kier alpha value is -1.07. The van der Waals surface area contributed by atoms with Gasteiger partial charge in [-0.25, -0.2) is 0 Å². The minimum absolute atomic E-state index is 0.339. The first-order valence-electron chi connectivity index (χ1n) is 9.29. The molecule has 1 saturated heterocycles. The first-order chi connectivity index (χ1) is 11.1. The minimum atomic E-state index is 0.339. The molecule has 1 aliphatic heterocycles. The molecule has 1 N–H and O–H groups in total. The van der Waals surface area contributed by atoms with Crippen molar-refractivity contribution in [1.82, 2.24) is 14.7 Å². The molecular weight excluding hydrogens is 288 g/mol. The fourth-order valence-electron chi connectivity index (χ4n) is 4.08. The van der Waals surface area contributed by atoms with E-state index in [9.17, 15) is 0 Å². The highest BCUT2D eigenvalue weighted by Gasteiger charge is 2.22. The van der Waals surface area contributed by atoms with Crippen molar-refractivity contribution >= 4 is 5.82 Å². The lowest BCUT2D eigenvalue weighted by atomic mass is 9.95. The van der Waals surface area contributed by atoms with Crippen LogP contribution in [0, 0.1) is 6.92 Å². The third-order valence-corrected chi connectivity index (χ3v) is 5.07. The Morgan fingerprint density at radius 1 is 1.17 bits per heavy atom. The maximum Gasteiger partial charge on any atom is 0.148 e. The molecule has 0 radical (unpaired) electrons. The molecule has 2 heterocycles. The summed E-state index contributed by atoms with van der Waals surface area (Å²) in [5, 5.41) is 8.32. The molecule has 1 aliphatic carbocycles. The van der Waals surface area contributed by atoms with Gasteiger partial charge in [0.2, 0.25) is 0 Å². The van der Waals surface area contributed by atoms with Crippen LogP contribution in [0.5, 0.6) is 0 Å². The maximum absolute atomic E-state index is 5.79. The third kappa shape index (κ3) is 4.48. The third-order valence-electron chi connectivity index (χ3n) is 5.07. The van der Waals surface area contributed by atoms with Crippen LogP contribution < -0.4 is 5.32 Å². The molecular formula is C18H32N4O. The van der Waals surface area contributed by atoms with Crippen molar-refractivity contribution in [3.63, 3.8) is 0 Å². The number of morpholine rings is 1. The van der Waals surface area contributed by atoms with E-state index in [0.717, 1.165) is 32.0 Å². The molecule has 0 spiro atoms. The van der Waals surface area contributed by atoms with E-state index in [1.54, 1.807) is 0 Å². The second-order valence-electron chi connectivity index (χ2n) is 7.35. The van der Waals surface area contributed by atoms with Gasteiger partial charge in [-0.15, -0.1) is 0 Å². The van der Waals surface area contributed by atoms with Crippen molar-refractivity contribution in [1.29, 1.82) is 0 Å². The normalized spacial score (nSPS) is 27.3. The summed E-state index contributed by atoms with van der Waals surface area (Å²) in [6.07, 6.45) is 7.33. The molecule has 5 nitrogen and oxygen atoms in total. The van der Waals surface area contributed by atoms with Gasteiger partial charge in [0.05, 0.1) is 18.2 Å². The average Bonchev–Trinajstić information content (AvgIpc) is 2.88. The van der Waals surface area contributed by atoms with E-state index in [2.05, 4.69) is 41.7 Å². The minimum Gasteiger partial charge on any atom is -0.373 e. The second-order valence-corrected chi connectivity index (χ2v) is 7.35. The van der Waals surface area contributed by atoms with E-state index < -0.39 is 0 Å². The molecule has 3 rings (SSSR count). The number of hydrogen-bond acceptors (Lipinski definition) is 4. The number of ether oxygens (including phenoxy) is 1. The fraction of sp³-hybridized carbons (Fsp3) is 0.833. The van der Waals surface area contributed by atoms with Crippen LogP contribution in [-0.4, -0.2) is 53.1 Å². The van der Waals surface area contributed by atoms with Gasteiger partial charge in [0.1, 0.15) is 5.82 Å². The van der Waals surface area contributed by atoms with Gasteiger partial charge in [-0.3, -0.25) is 9.58 Å². The smallest absolute Gasteiger partial charge is 0.148 e. The summed E-state index contributed by atoms with van der Waals surface area (Å²) >= 11 is 0. The van der Waals surface area contributed by atoms with Crippen LogP contribution >= 0.6 is 0 Å². The van der Waals surface area contributed by atoms with Gasteiger partial charge in [-0.2, -0.15) is 5.10 Å². The number of anilines is 1. The Kier molecular flexibility index (Phi) is 5.59. The van der Waals surface area contributed by atoms with E-state index in [1.807, 2.05) is 0 Å². The number of aryl methyl sites for hydroxylation is 1. The largest absolute Gasteiger partial charge is 0.373 e. The Morgan fingerprint density at radius 3 is 2.57 bits per heavy atom. The van der Waals surface area contributed by atoms with E-state index in [1.165, 1.54) is 37.8 Å². The maximum atomic E-state index is 5.79. The van der Waals surface area contributed by atoms with Crippen LogP contribution in [0.2, 0.25) is 0 Å². The van der Waals surface area contributed by atoms with Crippen LogP contribution in [0.4, 0.5) is 5.82 Å². The molecule has 0 aromatic carbocycles. The summed E-state index contributed by atoms with van der Waals surface area (Å²) in [6.45, 7) is 10.5. The molecule has 0 amide bonds. The van der Waals surface area contributed by atoms with Crippen LogP contribution in [0.1, 0.15) is 57.7 Å². The predicted octanol–water partition coefficient (Wildman–Crippen LogP) is 3.22. The molecule has 1 aromatic heterocycles. The standard InChI is InChI=1S/C18H32N4O/c1-14-11-18(20-22(14)17-7-5-4-6-8-17)19-9-10-21-12-15(2)23-16(3)13-21/h11,15-17H,4-10,12-13H2,1-3H3,(H,19,20). The molecule has 23 heavy (non-hydrogen) atoms. The predicted molar refractivity (Wildman–Crippen MR) is 94.0 cm³/mol. The van der Waals surface area contributed by atoms with Crippen LogP contribution in [0.15, 0.2) is 6.07 Å². The lowest BCUT2D eigenvalue weighted by Gasteiger charge is -2.35. The van der Waals surface area contributed by atoms with Gasteiger partial charge in [0, 0.05) is 37.9 Å². The van der Waals surface area contributed by atoms with Crippen LogP contribution in [0.25, 0.3) is 0 Å². The Labute approximate surface area is 140 Å². The molecule has 1 aromatic rings. The zero-order chi connectivity index (χ0) is 16.2. The summed E-state index contributed by atoms with van der Waals surface area (Å²) in [5.74, 6) is 1.03. The molecule has 2 fully saturated rings. The second kappa shape index (κ2) is 7.67. The SMILES string of the molecule is Cc1cc(NCCN2CC(C)OC(C)C2)nn1C1CCCCC1. The van der Waals surface area contributed by atoms with Crippen molar-refractivity contribution in [3.05, 3.63) is 11.8 Å². The Bertz CT molecular complexity index is 485. The lowest BCUT2D eigenvalue weighted by molar-refractivity contribution is -0.0667. The summed E-state index contributed by atoms with van der Waals surface area (Å²) in [4.78, 5) is 2.48. The zero-order valence-corrected chi connectivity index (χ0v) is 14.9. The first-order valence-corrected chi connectivity index (χ1v) is 9.29. The molecule has 1 saturated carbocycles. The van der Waals surface area contributed by atoms with E-state index in [0.29, 0.717) is 18.2 Å². The first kappa shape index (κ1) is 16.8. The highest BCUT2D eigenvalue weighted by atomic mass is 16.5. The molecule has 5 heteroatoms. The van der Waals surface area contributed by atoms with E-state index >= 15 is 0 Å². The molecule has 2 atom stereocenters. The van der Waals surface area contributed by atoms with E-state index in [4.69, 9.17) is 9.84 Å². The number of rotatable bonds is 5. The van der Waals surface area contributed by atoms with Gasteiger partial charge in [-0.05, 0) is 33.6 Å². The Balaban J connectivity index is 1.48. The molecule has 0 bridgehead atoms. The highest BCUT2D eigenvalue weighted by Crippen LogP contribution is 2.29. The number of hydrogen-bond donors (Lipinski definition) is 1. The van der Waals surface area contributed by atoms with Gasteiger partial charge in [-0.1, -0.05) is 19.3 Å². The number of nitrogens with zero attached hydrogens (tertiary/aromatic N) is 3. The molecule has 2 unspecified atom stereocenters. The number of aromatic nitrogens is 2. The van der Waals surface area contributed by atoms with Crippen molar-refractivity contribution in [2.24, 2.45) is 0 Å². The van der Waals surface area contributed by atoms with Crippen LogP contribution in [-0.2, 0) is 4.74 Å². The van der Waals surface area contributed by atoms with Crippen molar-refractivity contribution in [2.45, 2.75) is 71.1 Å². The quantitative estimate of drug-likeness (QED) is 0.904. The van der Waals surface area contributed by atoms with Crippen molar-refractivity contribution < 1.29 is 4.74 Å². The molecule has 2 aliphatic rings. The highest BCUT2D eigenvalue weighted by molar-refractivity contribution is 5.35. The van der Waals surface area contributed by atoms with Gasteiger partial charge >= 0.3 is 0 Å². The lowest BCUT2D eigenvalue weighted by Crippen LogP contribution is -2.46. The van der Waals surface area contributed by atoms with E-state index in [-0.39, 0.29) is 0 Å². The van der Waals surface area contributed by atoms with Crippen molar-refractivity contribution in [3.8, 4) is 0 Å². The molecule has 130 valence electrons. The van der Waals surface area contributed by atoms with Gasteiger partial charge in [0.15, 0.2) is 0 Å². The zero-order valence-electron chi connectivity index (χ0n) is 14.9. The monoisotopic (exact) mass is 320 g/mol. The Morgan fingerprint density at radius 2 is 1.87 bits per heavy atom. The van der Waals surface area contributed by atoms with Gasteiger partial charge in [0.25, 0.3) is 0 Å². The summed E-state index contributed by atoms with van der Waals surface area (Å²) < 4.78 is 8.04. The fourth-order valence-corrected chi connectivity index (χ4v) is 4.08. The van der Waals surface area contributed by atoms with Crippen LogP contribution in [0.3, 0.4) is 0 Å². The summed E-state index contributed by atoms with van der Waals surface area (Å²) in [6, 6.07) is 2.80. The summed E-state index contributed by atoms with van der Waals surface area (Å²) in [7, 11) is 0. The average molecular weight is 320 g/mol. The van der Waals surface area contributed by atoms with Crippen molar-refractivity contribution in [2.75, 3.05) is 31.5 Å². The van der Waals surface area contributed by atoms with Gasteiger partial charge < -0.3 is 10.1 Å². The number of nitrogens with one attached hydrogen (secondary N) is 1. The topological polar surface area (TPSA) is 42.3 Å².